The number of nitrogens with one attached hydrogen (secondary N) is 1. The van der Waals surface area contributed by atoms with E-state index < -0.39 is 22.0 Å². The van der Waals surface area contributed by atoms with Gasteiger partial charge < -0.3 is 24.4 Å². The number of hydrogen-bond donors (Lipinski definition) is 1. The number of ether oxygens (including phenoxy) is 3. The summed E-state index contributed by atoms with van der Waals surface area (Å²) >= 11 is 0. The van der Waals surface area contributed by atoms with E-state index in [4.69, 9.17) is 14.2 Å². The first-order valence-electron chi connectivity index (χ1n) is 10.6. The van der Waals surface area contributed by atoms with Crippen LogP contribution in [0.15, 0.2) is 42.5 Å². The lowest BCUT2D eigenvalue weighted by molar-refractivity contribution is -0.140. The van der Waals surface area contributed by atoms with E-state index in [1.807, 2.05) is 6.07 Å². The zero-order chi connectivity index (χ0) is 24.9. The number of sulfonamides is 1. The molecule has 1 atom stereocenters. The first-order valence-corrected chi connectivity index (χ1v) is 12.4. The van der Waals surface area contributed by atoms with Gasteiger partial charge >= 0.3 is 0 Å². The van der Waals surface area contributed by atoms with Gasteiger partial charge in [-0.3, -0.25) is 9.59 Å². The third kappa shape index (κ3) is 6.39. The van der Waals surface area contributed by atoms with Gasteiger partial charge in [0.2, 0.25) is 28.6 Å². The zero-order valence-corrected chi connectivity index (χ0v) is 20.4. The lowest BCUT2D eigenvalue weighted by atomic mass is 10.1. The van der Waals surface area contributed by atoms with Crippen molar-refractivity contribution in [1.82, 2.24) is 14.5 Å². The van der Waals surface area contributed by atoms with Gasteiger partial charge in [-0.05, 0) is 42.3 Å². The summed E-state index contributed by atoms with van der Waals surface area (Å²) in [6.45, 7) is 1.74. The molecule has 184 valence electrons. The van der Waals surface area contributed by atoms with Gasteiger partial charge in [-0.25, -0.2) is 8.42 Å². The Morgan fingerprint density at radius 2 is 1.74 bits per heavy atom. The summed E-state index contributed by atoms with van der Waals surface area (Å²) in [7, 11) is -0.687. The molecule has 0 radical (unpaired) electrons. The maximum atomic E-state index is 13.1. The average Bonchev–Trinajstić information content (AvgIpc) is 3.28. The molecule has 2 amide bonds. The van der Waals surface area contributed by atoms with E-state index in [1.165, 1.54) is 11.9 Å². The number of rotatable bonds is 10. The van der Waals surface area contributed by atoms with Crippen LogP contribution in [0.25, 0.3) is 0 Å². The van der Waals surface area contributed by atoms with Crippen molar-refractivity contribution < 1.29 is 32.2 Å². The molecule has 1 heterocycles. The van der Waals surface area contributed by atoms with Crippen LogP contribution >= 0.6 is 0 Å². The molecule has 0 bridgehead atoms. The van der Waals surface area contributed by atoms with Crippen molar-refractivity contribution in [3.05, 3.63) is 53.6 Å². The lowest BCUT2D eigenvalue weighted by Gasteiger charge is -2.30. The van der Waals surface area contributed by atoms with E-state index in [2.05, 4.69) is 5.32 Å². The summed E-state index contributed by atoms with van der Waals surface area (Å²) in [4.78, 5) is 27.4. The van der Waals surface area contributed by atoms with Gasteiger partial charge in [0.25, 0.3) is 0 Å². The van der Waals surface area contributed by atoms with Crippen molar-refractivity contribution in [2.45, 2.75) is 26.1 Å². The Hall–Kier alpha value is -3.31. The second kappa shape index (κ2) is 10.7. The fraction of sp³-hybridized carbons (Fsp3) is 0.391. The minimum atomic E-state index is -3.56. The van der Waals surface area contributed by atoms with Crippen LogP contribution in [-0.4, -0.2) is 69.2 Å². The van der Waals surface area contributed by atoms with E-state index in [0.717, 1.165) is 21.7 Å². The average molecular weight is 492 g/mol. The second-order valence-corrected chi connectivity index (χ2v) is 10.1. The molecule has 1 aliphatic rings. The summed E-state index contributed by atoms with van der Waals surface area (Å²) in [5, 5.41) is 2.83. The van der Waals surface area contributed by atoms with Crippen LogP contribution in [-0.2, 0) is 32.7 Å². The molecule has 0 saturated carbocycles. The predicted octanol–water partition coefficient (Wildman–Crippen LogP) is 1.35. The Bertz CT molecular complexity index is 1140. The van der Waals surface area contributed by atoms with Crippen LogP contribution < -0.4 is 19.5 Å². The summed E-state index contributed by atoms with van der Waals surface area (Å²) in [6, 6.07) is 11.6. The monoisotopic (exact) mass is 491 g/mol. The highest BCUT2D eigenvalue weighted by Crippen LogP contribution is 2.32. The molecule has 0 unspecified atom stereocenters. The molecule has 0 fully saturated rings. The van der Waals surface area contributed by atoms with Crippen molar-refractivity contribution in [3.8, 4) is 17.2 Å². The summed E-state index contributed by atoms with van der Waals surface area (Å²) in [5.74, 6) is 1.05. The van der Waals surface area contributed by atoms with E-state index in [-0.39, 0.29) is 32.3 Å². The number of nitrogens with zero attached hydrogens (tertiary/aromatic N) is 2. The SMILES string of the molecule is COc1ccc(CN(C(=O)CN(C)S(C)(=O)=O)[C@@H](C)C(=O)NCc2ccc3c(c2)OCO3)cc1. The molecular formula is C23H29N3O7S. The number of hydrogen-bond acceptors (Lipinski definition) is 7. The standard InChI is InChI=1S/C23H29N3O7S/c1-16(23(28)24-12-18-7-10-20-21(11-18)33-15-32-20)26(22(27)14-25(2)34(4,29)30)13-17-5-8-19(31-3)9-6-17/h5-11,16H,12-15H2,1-4H3,(H,24,28)/t16-/m0/s1. The van der Waals surface area contributed by atoms with Crippen molar-refractivity contribution in [3.63, 3.8) is 0 Å². The number of benzene rings is 2. The van der Waals surface area contributed by atoms with Gasteiger partial charge in [-0.15, -0.1) is 0 Å². The van der Waals surface area contributed by atoms with Crippen LogP contribution in [0.5, 0.6) is 17.2 Å². The van der Waals surface area contributed by atoms with Crippen LogP contribution in [0.4, 0.5) is 0 Å². The van der Waals surface area contributed by atoms with Crippen LogP contribution in [0.2, 0.25) is 0 Å². The number of methoxy groups -OCH3 is 1. The van der Waals surface area contributed by atoms with E-state index in [0.29, 0.717) is 17.2 Å². The molecule has 1 aliphatic heterocycles. The third-order valence-electron chi connectivity index (χ3n) is 5.51. The number of amides is 2. The fourth-order valence-electron chi connectivity index (χ4n) is 3.30. The Kier molecular flexibility index (Phi) is 8.00. The molecule has 34 heavy (non-hydrogen) atoms. The fourth-order valence-corrected chi connectivity index (χ4v) is 3.64. The maximum absolute atomic E-state index is 13.1. The molecule has 2 aromatic rings. The Morgan fingerprint density at radius 3 is 2.38 bits per heavy atom. The number of carbonyl (C=O) groups is 2. The second-order valence-electron chi connectivity index (χ2n) is 7.97. The summed E-state index contributed by atoms with van der Waals surface area (Å²) < 4.78 is 40.4. The van der Waals surface area contributed by atoms with Crippen LogP contribution in [0.1, 0.15) is 18.1 Å². The maximum Gasteiger partial charge on any atom is 0.242 e. The topological polar surface area (TPSA) is 114 Å². The van der Waals surface area contributed by atoms with Gasteiger partial charge in [-0.1, -0.05) is 18.2 Å². The minimum Gasteiger partial charge on any atom is -0.497 e. The van der Waals surface area contributed by atoms with Gasteiger partial charge in [0.05, 0.1) is 19.9 Å². The number of likely N-dealkylation sites (N-methyl/N-ethyl adjacent to an activating group) is 1. The molecule has 3 rings (SSSR count). The van der Waals surface area contributed by atoms with E-state index >= 15 is 0 Å². The van der Waals surface area contributed by atoms with Crippen molar-refractivity contribution >= 4 is 21.8 Å². The van der Waals surface area contributed by atoms with Crippen molar-refractivity contribution in [2.75, 3.05) is 33.8 Å². The van der Waals surface area contributed by atoms with Crippen LogP contribution in [0, 0.1) is 0 Å². The minimum absolute atomic E-state index is 0.124. The normalized spacial score (nSPS) is 13.4. The van der Waals surface area contributed by atoms with Crippen molar-refractivity contribution in [1.29, 1.82) is 0 Å². The predicted molar refractivity (Wildman–Crippen MR) is 125 cm³/mol. The van der Waals surface area contributed by atoms with E-state index in [9.17, 15) is 18.0 Å². The molecule has 0 spiro atoms. The molecule has 0 saturated heterocycles. The van der Waals surface area contributed by atoms with Crippen molar-refractivity contribution in [2.24, 2.45) is 0 Å². The van der Waals surface area contributed by atoms with Gasteiger partial charge in [-0.2, -0.15) is 4.31 Å². The Morgan fingerprint density at radius 1 is 1.09 bits per heavy atom. The first-order chi connectivity index (χ1) is 16.1. The van der Waals surface area contributed by atoms with E-state index in [1.54, 1.807) is 50.4 Å². The first kappa shape index (κ1) is 25.3. The highest BCUT2D eigenvalue weighted by molar-refractivity contribution is 7.88. The Balaban J connectivity index is 1.72. The molecule has 1 N–H and O–H groups in total. The van der Waals surface area contributed by atoms with Gasteiger partial charge in [0.15, 0.2) is 11.5 Å². The van der Waals surface area contributed by atoms with Crippen LogP contribution in [0.3, 0.4) is 0 Å². The Labute approximate surface area is 199 Å². The third-order valence-corrected chi connectivity index (χ3v) is 6.77. The molecule has 10 nitrogen and oxygen atoms in total. The highest BCUT2D eigenvalue weighted by atomic mass is 32.2. The summed E-state index contributed by atoms with van der Waals surface area (Å²) in [5.41, 5.74) is 1.58. The molecule has 11 heteroatoms. The van der Waals surface area contributed by atoms with Gasteiger partial charge in [0.1, 0.15) is 11.8 Å². The highest BCUT2D eigenvalue weighted by Gasteiger charge is 2.28. The number of fused-ring (bicyclic) bond motifs is 1. The smallest absolute Gasteiger partial charge is 0.242 e. The molecule has 2 aromatic carbocycles. The summed E-state index contributed by atoms with van der Waals surface area (Å²) in [6.07, 6.45) is 1.02. The molecule has 0 aliphatic carbocycles. The molecule has 0 aromatic heterocycles. The number of carbonyl (C=O) groups excluding carboxylic acids is 2. The zero-order valence-electron chi connectivity index (χ0n) is 19.6. The largest absolute Gasteiger partial charge is 0.497 e. The van der Waals surface area contributed by atoms with Gasteiger partial charge in [0, 0.05) is 20.1 Å². The quantitative estimate of drug-likeness (QED) is 0.534. The lowest BCUT2D eigenvalue weighted by Crippen LogP contribution is -2.50. The molecular weight excluding hydrogens is 462 g/mol.